The molecule has 2 aliphatic carbocycles. The van der Waals surface area contributed by atoms with Crippen LogP contribution in [-0.2, 0) is 9.59 Å². The first-order valence-electron chi connectivity index (χ1n) is 9.48. The zero-order valence-electron chi connectivity index (χ0n) is 14.8. The molecule has 0 radical (unpaired) electrons. The van der Waals surface area contributed by atoms with E-state index in [1.807, 2.05) is 30.3 Å². The fourth-order valence-electron chi connectivity index (χ4n) is 5.15. The van der Waals surface area contributed by atoms with E-state index in [0.29, 0.717) is 23.1 Å². The molecule has 3 amide bonds. The predicted octanol–water partition coefficient (Wildman–Crippen LogP) is 3.47. The molecule has 0 unspecified atom stereocenters. The standard InChI is InChI=1S/C22H20N2O3/c25-20(23-16-4-2-1-3-5-16)13-8-10-17(11-9-13)24-21(26)18-14-6-7-15(12-14)19(18)22(24)27/h1-5,8-11,14-15,18-19H,6-7,12H2,(H,23,25)/t14-,15-,18-,19+/m0/s1. The number of imide groups is 1. The lowest BCUT2D eigenvalue weighted by Gasteiger charge is -2.19. The summed E-state index contributed by atoms with van der Waals surface area (Å²) in [5.74, 6) is 0.156. The molecule has 1 aliphatic heterocycles. The van der Waals surface area contributed by atoms with Crippen LogP contribution in [0.1, 0.15) is 29.6 Å². The Morgan fingerprint density at radius 1 is 0.852 bits per heavy atom. The summed E-state index contributed by atoms with van der Waals surface area (Å²) < 4.78 is 0. The number of carbonyl (C=O) groups excluding carboxylic acids is 3. The summed E-state index contributed by atoms with van der Waals surface area (Å²) in [6.07, 6.45) is 3.16. The molecule has 1 heterocycles. The summed E-state index contributed by atoms with van der Waals surface area (Å²) in [6.45, 7) is 0. The van der Waals surface area contributed by atoms with Crippen molar-refractivity contribution in [2.75, 3.05) is 10.2 Å². The molecular weight excluding hydrogens is 340 g/mol. The summed E-state index contributed by atoms with van der Waals surface area (Å²) in [5, 5.41) is 2.83. The van der Waals surface area contributed by atoms with E-state index in [1.54, 1.807) is 24.3 Å². The molecule has 4 atom stereocenters. The smallest absolute Gasteiger partial charge is 0.255 e. The molecule has 3 aliphatic rings. The largest absolute Gasteiger partial charge is 0.322 e. The van der Waals surface area contributed by atoms with Gasteiger partial charge in [-0.1, -0.05) is 18.2 Å². The second kappa shape index (κ2) is 6.05. The average Bonchev–Trinajstić information content (AvgIpc) is 3.37. The monoisotopic (exact) mass is 360 g/mol. The molecule has 2 bridgehead atoms. The fourth-order valence-corrected chi connectivity index (χ4v) is 5.15. The van der Waals surface area contributed by atoms with Gasteiger partial charge in [-0.2, -0.15) is 0 Å². The quantitative estimate of drug-likeness (QED) is 0.852. The van der Waals surface area contributed by atoms with Gasteiger partial charge < -0.3 is 5.32 Å². The summed E-state index contributed by atoms with van der Waals surface area (Å²) in [4.78, 5) is 39.5. The van der Waals surface area contributed by atoms with Crippen LogP contribution in [0.15, 0.2) is 54.6 Å². The van der Waals surface area contributed by atoms with Crippen molar-refractivity contribution in [1.82, 2.24) is 0 Å². The predicted molar refractivity (Wildman–Crippen MR) is 101 cm³/mol. The molecule has 5 heteroatoms. The van der Waals surface area contributed by atoms with Crippen molar-refractivity contribution in [3.05, 3.63) is 60.2 Å². The second-order valence-corrected chi connectivity index (χ2v) is 7.76. The van der Waals surface area contributed by atoms with Crippen LogP contribution in [0.25, 0.3) is 0 Å². The van der Waals surface area contributed by atoms with E-state index in [0.717, 1.165) is 24.9 Å². The third-order valence-corrected chi connectivity index (χ3v) is 6.35. The number of fused-ring (bicyclic) bond motifs is 5. The van der Waals surface area contributed by atoms with E-state index in [9.17, 15) is 14.4 Å². The van der Waals surface area contributed by atoms with Crippen LogP contribution in [0.5, 0.6) is 0 Å². The topological polar surface area (TPSA) is 66.5 Å². The van der Waals surface area contributed by atoms with E-state index >= 15 is 0 Å². The lowest BCUT2D eigenvalue weighted by Crippen LogP contribution is -2.32. The second-order valence-electron chi connectivity index (χ2n) is 7.76. The number of rotatable bonds is 3. The molecule has 136 valence electrons. The Hall–Kier alpha value is -2.95. The van der Waals surface area contributed by atoms with Gasteiger partial charge in [0, 0.05) is 11.3 Å². The number of anilines is 2. The number of benzene rings is 2. The van der Waals surface area contributed by atoms with Crippen LogP contribution >= 0.6 is 0 Å². The van der Waals surface area contributed by atoms with Crippen molar-refractivity contribution in [3.8, 4) is 0 Å². The van der Waals surface area contributed by atoms with Crippen molar-refractivity contribution in [2.24, 2.45) is 23.7 Å². The van der Waals surface area contributed by atoms with Crippen LogP contribution in [-0.4, -0.2) is 17.7 Å². The highest BCUT2D eigenvalue weighted by Gasteiger charge is 2.61. The minimum Gasteiger partial charge on any atom is -0.322 e. The molecule has 5 nitrogen and oxygen atoms in total. The van der Waals surface area contributed by atoms with Crippen molar-refractivity contribution >= 4 is 29.1 Å². The number of nitrogens with zero attached hydrogens (tertiary/aromatic N) is 1. The lowest BCUT2D eigenvalue weighted by molar-refractivity contribution is -0.123. The van der Waals surface area contributed by atoms with Gasteiger partial charge in [-0.3, -0.25) is 19.3 Å². The Balaban J connectivity index is 1.36. The Morgan fingerprint density at radius 3 is 2.04 bits per heavy atom. The van der Waals surface area contributed by atoms with Crippen LogP contribution in [0.2, 0.25) is 0 Å². The highest BCUT2D eigenvalue weighted by molar-refractivity contribution is 6.22. The maximum absolute atomic E-state index is 12.9. The SMILES string of the molecule is O=C(Nc1ccccc1)c1ccc(N2C(=O)[C@@H]3[C@H]4CC[C@@H](C4)[C@@H]3C2=O)cc1. The van der Waals surface area contributed by atoms with Crippen LogP contribution in [0, 0.1) is 23.7 Å². The molecule has 3 fully saturated rings. The van der Waals surface area contributed by atoms with Crippen molar-refractivity contribution < 1.29 is 14.4 Å². The highest BCUT2D eigenvalue weighted by atomic mass is 16.2. The Bertz CT molecular complexity index is 894. The number of para-hydroxylation sites is 1. The molecule has 1 saturated heterocycles. The average molecular weight is 360 g/mol. The van der Waals surface area contributed by atoms with Gasteiger partial charge in [-0.15, -0.1) is 0 Å². The number of hydrogen-bond donors (Lipinski definition) is 1. The summed E-state index contributed by atoms with van der Waals surface area (Å²) in [5.41, 5.74) is 1.77. The van der Waals surface area contributed by atoms with Crippen molar-refractivity contribution in [1.29, 1.82) is 0 Å². The first-order valence-corrected chi connectivity index (χ1v) is 9.48. The molecular formula is C22H20N2O3. The Labute approximate surface area is 157 Å². The van der Waals surface area contributed by atoms with Gasteiger partial charge in [0.15, 0.2) is 0 Å². The van der Waals surface area contributed by atoms with Gasteiger partial charge >= 0.3 is 0 Å². The van der Waals surface area contributed by atoms with Gasteiger partial charge in [0.2, 0.25) is 11.8 Å². The molecule has 0 spiro atoms. The van der Waals surface area contributed by atoms with Gasteiger partial charge in [0.25, 0.3) is 5.91 Å². The highest BCUT2D eigenvalue weighted by Crippen LogP contribution is 2.56. The minimum atomic E-state index is -0.221. The van der Waals surface area contributed by atoms with Crippen LogP contribution in [0.4, 0.5) is 11.4 Å². The van der Waals surface area contributed by atoms with Crippen molar-refractivity contribution in [2.45, 2.75) is 19.3 Å². The number of hydrogen-bond acceptors (Lipinski definition) is 3. The zero-order chi connectivity index (χ0) is 18.5. The first kappa shape index (κ1) is 16.2. The summed E-state index contributed by atoms with van der Waals surface area (Å²) >= 11 is 0. The van der Waals surface area contributed by atoms with Crippen molar-refractivity contribution in [3.63, 3.8) is 0 Å². The lowest BCUT2D eigenvalue weighted by atomic mass is 9.81. The van der Waals surface area contributed by atoms with Gasteiger partial charge in [0.1, 0.15) is 0 Å². The van der Waals surface area contributed by atoms with Crippen LogP contribution < -0.4 is 10.2 Å². The number of amides is 3. The molecule has 0 aromatic heterocycles. The fraction of sp³-hybridized carbons (Fsp3) is 0.318. The van der Waals surface area contributed by atoms with E-state index in [1.165, 1.54) is 4.90 Å². The van der Waals surface area contributed by atoms with Crippen LogP contribution in [0.3, 0.4) is 0 Å². The maximum Gasteiger partial charge on any atom is 0.255 e. The van der Waals surface area contributed by atoms with E-state index in [4.69, 9.17) is 0 Å². The van der Waals surface area contributed by atoms with Gasteiger partial charge in [-0.05, 0) is 67.5 Å². The molecule has 5 rings (SSSR count). The third kappa shape index (κ3) is 2.49. The zero-order valence-corrected chi connectivity index (χ0v) is 14.8. The van der Waals surface area contributed by atoms with E-state index in [2.05, 4.69) is 5.32 Å². The normalized spacial score (nSPS) is 28.5. The number of carbonyl (C=O) groups is 3. The molecule has 2 saturated carbocycles. The maximum atomic E-state index is 12.9. The minimum absolute atomic E-state index is 0.0568. The van der Waals surface area contributed by atoms with E-state index < -0.39 is 0 Å². The summed E-state index contributed by atoms with van der Waals surface area (Å²) in [6, 6.07) is 15.9. The Kier molecular flexibility index (Phi) is 3.64. The van der Waals surface area contributed by atoms with E-state index in [-0.39, 0.29) is 29.6 Å². The molecule has 2 aromatic rings. The first-order chi connectivity index (χ1) is 13.1. The molecule has 2 aromatic carbocycles. The number of nitrogens with one attached hydrogen (secondary N) is 1. The van der Waals surface area contributed by atoms with Gasteiger partial charge in [-0.25, -0.2) is 0 Å². The summed E-state index contributed by atoms with van der Waals surface area (Å²) in [7, 11) is 0. The molecule has 27 heavy (non-hydrogen) atoms. The molecule has 1 N–H and O–H groups in total. The third-order valence-electron chi connectivity index (χ3n) is 6.35. The van der Waals surface area contributed by atoms with Gasteiger partial charge in [0.05, 0.1) is 17.5 Å². The Morgan fingerprint density at radius 2 is 1.44 bits per heavy atom.